The fourth-order valence-corrected chi connectivity index (χ4v) is 2.62. The first-order valence-electron chi connectivity index (χ1n) is 6.21. The molecule has 1 aromatic carbocycles. The molecule has 1 unspecified atom stereocenters. The van der Waals surface area contributed by atoms with Crippen molar-refractivity contribution in [2.45, 2.75) is 19.9 Å². The molecular formula is C14H15ClN2O2S. The molecule has 1 heterocycles. The second kappa shape index (κ2) is 6.72. The number of carbonyl (C=O) groups is 1. The van der Waals surface area contributed by atoms with E-state index in [1.165, 1.54) is 11.3 Å². The van der Waals surface area contributed by atoms with Crippen molar-refractivity contribution < 1.29 is 9.53 Å². The fourth-order valence-electron chi connectivity index (χ4n) is 1.66. The van der Waals surface area contributed by atoms with E-state index in [0.29, 0.717) is 16.6 Å². The van der Waals surface area contributed by atoms with Crippen molar-refractivity contribution in [1.82, 2.24) is 4.98 Å². The quantitative estimate of drug-likeness (QED) is 0.853. The molecule has 0 radical (unpaired) electrons. The van der Waals surface area contributed by atoms with Gasteiger partial charge < -0.3 is 10.1 Å². The fraction of sp³-hybridized carbons (Fsp3) is 0.286. The average Bonchev–Trinajstić information content (AvgIpc) is 2.84. The maximum absolute atomic E-state index is 12.1. The molecule has 0 saturated carbocycles. The van der Waals surface area contributed by atoms with Gasteiger partial charge in [0.2, 0.25) is 0 Å². The van der Waals surface area contributed by atoms with Crippen molar-refractivity contribution in [2.75, 3.05) is 11.9 Å². The van der Waals surface area contributed by atoms with Crippen molar-refractivity contribution in [3.8, 4) is 0 Å². The van der Waals surface area contributed by atoms with E-state index in [0.717, 1.165) is 11.4 Å². The first kappa shape index (κ1) is 14.8. The lowest BCUT2D eigenvalue weighted by Crippen LogP contribution is -2.23. The van der Waals surface area contributed by atoms with Crippen molar-refractivity contribution >= 4 is 34.6 Å². The van der Waals surface area contributed by atoms with E-state index >= 15 is 0 Å². The zero-order chi connectivity index (χ0) is 14.5. The topological polar surface area (TPSA) is 51.2 Å². The Morgan fingerprint density at radius 1 is 1.45 bits per heavy atom. The minimum atomic E-state index is -0.602. The zero-order valence-electron chi connectivity index (χ0n) is 11.2. The van der Waals surface area contributed by atoms with Gasteiger partial charge in [0, 0.05) is 21.8 Å². The van der Waals surface area contributed by atoms with Gasteiger partial charge in [-0.3, -0.25) is 0 Å². The van der Waals surface area contributed by atoms with Crippen LogP contribution in [0.25, 0.3) is 0 Å². The summed E-state index contributed by atoms with van der Waals surface area (Å²) in [5, 5.41) is 6.38. The normalized spacial score (nSPS) is 11.9. The Morgan fingerprint density at radius 3 is 2.70 bits per heavy atom. The number of esters is 1. The lowest BCUT2D eigenvalue weighted by atomic mass is 10.2. The molecule has 2 aromatic rings. The number of hydrogen-bond acceptors (Lipinski definition) is 5. The maximum atomic E-state index is 12.1. The van der Waals surface area contributed by atoms with Gasteiger partial charge in [0.15, 0.2) is 6.04 Å². The van der Waals surface area contributed by atoms with E-state index in [-0.39, 0.29) is 5.97 Å². The number of hydrogen-bond donors (Lipinski definition) is 1. The number of rotatable bonds is 5. The van der Waals surface area contributed by atoms with Crippen molar-refractivity contribution in [1.29, 1.82) is 0 Å². The molecule has 0 aliphatic carbocycles. The summed E-state index contributed by atoms with van der Waals surface area (Å²) >= 11 is 7.28. The van der Waals surface area contributed by atoms with Crippen LogP contribution in [0.5, 0.6) is 0 Å². The first-order chi connectivity index (χ1) is 9.60. The molecular weight excluding hydrogens is 296 g/mol. The standard InChI is InChI=1S/C14H15ClN2O2S/c1-3-19-14(18)12(13-16-9(2)8-20-13)17-11-6-4-10(15)5-7-11/h4-8,12,17H,3H2,1-2H3. The number of thiazole rings is 1. The van der Waals surface area contributed by atoms with E-state index in [4.69, 9.17) is 16.3 Å². The highest BCUT2D eigenvalue weighted by Crippen LogP contribution is 2.25. The van der Waals surface area contributed by atoms with Crippen LogP contribution in [0, 0.1) is 6.92 Å². The number of ether oxygens (including phenoxy) is 1. The third-order valence-electron chi connectivity index (χ3n) is 2.56. The number of aromatic nitrogens is 1. The number of carbonyl (C=O) groups excluding carboxylic acids is 1. The minimum absolute atomic E-state index is 0.335. The van der Waals surface area contributed by atoms with Crippen LogP contribution < -0.4 is 5.32 Å². The van der Waals surface area contributed by atoms with Crippen molar-refractivity contribution in [2.24, 2.45) is 0 Å². The molecule has 1 atom stereocenters. The highest BCUT2D eigenvalue weighted by molar-refractivity contribution is 7.09. The maximum Gasteiger partial charge on any atom is 0.335 e. The molecule has 0 bridgehead atoms. The summed E-state index contributed by atoms with van der Waals surface area (Å²) in [5.41, 5.74) is 1.68. The number of nitrogens with zero attached hydrogens (tertiary/aromatic N) is 1. The second-order valence-corrected chi connectivity index (χ2v) is 5.49. The molecule has 0 fully saturated rings. The van der Waals surface area contributed by atoms with Crippen LogP contribution in [0.1, 0.15) is 23.7 Å². The van der Waals surface area contributed by atoms with E-state index in [1.807, 2.05) is 24.4 Å². The predicted octanol–water partition coefficient (Wildman–Crippen LogP) is 3.82. The predicted molar refractivity (Wildman–Crippen MR) is 81.3 cm³/mol. The zero-order valence-corrected chi connectivity index (χ0v) is 12.8. The van der Waals surface area contributed by atoms with Crippen molar-refractivity contribution in [3.05, 3.63) is 45.4 Å². The first-order valence-corrected chi connectivity index (χ1v) is 7.46. The summed E-state index contributed by atoms with van der Waals surface area (Å²) in [5.74, 6) is -0.336. The molecule has 6 heteroatoms. The lowest BCUT2D eigenvalue weighted by molar-refractivity contribution is -0.144. The van der Waals surface area contributed by atoms with Gasteiger partial charge in [0.05, 0.1) is 6.61 Å². The SMILES string of the molecule is CCOC(=O)C(Nc1ccc(Cl)cc1)c1nc(C)cs1. The van der Waals surface area contributed by atoms with Gasteiger partial charge >= 0.3 is 5.97 Å². The van der Waals surface area contributed by atoms with Gasteiger partial charge in [-0.15, -0.1) is 11.3 Å². The van der Waals surface area contributed by atoms with E-state index < -0.39 is 6.04 Å². The Hall–Kier alpha value is -1.59. The van der Waals surface area contributed by atoms with Gasteiger partial charge in [-0.25, -0.2) is 9.78 Å². The third kappa shape index (κ3) is 3.71. The summed E-state index contributed by atoms with van der Waals surface area (Å²) in [6, 6.07) is 6.55. The number of nitrogens with one attached hydrogen (secondary N) is 1. The molecule has 0 aliphatic rings. The Bertz CT molecular complexity index is 583. The molecule has 1 aromatic heterocycles. The molecule has 4 nitrogen and oxygen atoms in total. The average molecular weight is 311 g/mol. The summed E-state index contributed by atoms with van der Waals surface area (Å²) in [7, 11) is 0. The molecule has 0 spiro atoms. The second-order valence-electron chi connectivity index (χ2n) is 4.16. The minimum Gasteiger partial charge on any atom is -0.464 e. The van der Waals surface area contributed by atoms with Crippen LogP contribution >= 0.6 is 22.9 Å². The van der Waals surface area contributed by atoms with Gasteiger partial charge in [0.1, 0.15) is 5.01 Å². The molecule has 106 valence electrons. The van der Waals surface area contributed by atoms with Gasteiger partial charge in [-0.2, -0.15) is 0 Å². The summed E-state index contributed by atoms with van der Waals surface area (Å²) in [4.78, 5) is 16.4. The highest BCUT2D eigenvalue weighted by atomic mass is 35.5. The number of benzene rings is 1. The van der Waals surface area contributed by atoms with Crippen LogP contribution in [0.4, 0.5) is 5.69 Å². The van der Waals surface area contributed by atoms with Crippen LogP contribution in [0.2, 0.25) is 5.02 Å². The number of aryl methyl sites for hydroxylation is 1. The Kier molecular flexibility index (Phi) is 4.98. The monoisotopic (exact) mass is 310 g/mol. The van der Waals surface area contributed by atoms with Crippen LogP contribution in [0.3, 0.4) is 0 Å². The van der Waals surface area contributed by atoms with Gasteiger partial charge in [0.25, 0.3) is 0 Å². The molecule has 1 N–H and O–H groups in total. The van der Waals surface area contributed by atoms with E-state index in [1.54, 1.807) is 19.1 Å². The molecule has 2 rings (SSSR count). The summed E-state index contributed by atoms with van der Waals surface area (Å²) in [6.07, 6.45) is 0. The lowest BCUT2D eigenvalue weighted by Gasteiger charge is -2.16. The highest BCUT2D eigenvalue weighted by Gasteiger charge is 2.24. The Labute approximate surface area is 126 Å². The number of halogens is 1. The third-order valence-corrected chi connectivity index (χ3v) is 3.84. The Morgan fingerprint density at radius 2 is 2.15 bits per heavy atom. The molecule has 20 heavy (non-hydrogen) atoms. The van der Waals surface area contributed by atoms with E-state index in [9.17, 15) is 4.79 Å². The van der Waals surface area contributed by atoms with E-state index in [2.05, 4.69) is 10.3 Å². The van der Waals surface area contributed by atoms with Gasteiger partial charge in [-0.1, -0.05) is 11.6 Å². The van der Waals surface area contributed by atoms with Crippen molar-refractivity contribution in [3.63, 3.8) is 0 Å². The van der Waals surface area contributed by atoms with Crippen LogP contribution in [-0.2, 0) is 9.53 Å². The van der Waals surface area contributed by atoms with Crippen LogP contribution in [-0.4, -0.2) is 17.6 Å². The largest absolute Gasteiger partial charge is 0.464 e. The van der Waals surface area contributed by atoms with Crippen LogP contribution in [0.15, 0.2) is 29.6 Å². The number of anilines is 1. The summed E-state index contributed by atoms with van der Waals surface area (Å²) < 4.78 is 5.10. The molecule has 0 aliphatic heterocycles. The smallest absolute Gasteiger partial charge is 0.335 e. The Balaban J connectivity index is 2.22. The molecule has 0 amide bonds. The molecule has 0 saturated heterocycles. The van der Waals surface area contributed by atoms with Gasteiger partial charge in [-0.05, 0) is 38.1 Å². The summed E-state index contributed by atoms with van der Waals surface area (Å²) in [6.45, 7) is 4.01.